The van der Waals surface area contributed by atoms with Crippen molar-refractivity contribution in [2.45, 2.75) is 70.7 Å². The quantitative estimate of drug-likeness (QED) is 0.320. The van der Waals surface area contributed by atoms with Crippen molar-refractivity contribution in [1.29, 1.82) is 0 Å². The molecule has 3 unspecified atom stereocenters. The zero-order valence-corrected chi connectivity index (χ0v) is 25.2. The highest BCUT2D eigenvalue weighted by Gasteiger charge is 2.41. The third-order valence-corrected chi connectivity index (χ3v) is 8.28. The highest BCUT2D eigenvalue weighted by atomic mass is 16.6. The number of carbonyl (C=O) groups excluding carboxylic acids is 4. The molecule has 0 spiro atoms. The first-order valence-corrected chi connectivity index (χ1v) is 14.5. The Hall–Kier alpha value is -3.58. The number of rotatable bonds is 4. The van der Waals surface area contributed by atoms with Gasteiger partial charge in [0.2, 0.25) is 11.6 Å². The Balaban J connectivity index is 1.77. The van der Waals surface area contributed by atoms with Crippen LogP contribution in [0.1, 0.15) is 40.0 Å². The van der Waals surface area contributed by atoms with Gasteiger partial charge in [0, 0.05) is 56.0 Å². The molecule has 12 heteroatoms. The molecule has 2 amide bonds. The molecule has 4 N–H and O–H groups in total. The number of Topliss-reactive ketones (excluding diaryl/α,β-unsaturated/α-hetero) is 1. The number of methoxy groups -OCH3 is 2. The van der Waals surface area contributed by atoms with Crippen LogP contribution in [0.4, 0.5) is 4.79 Å². The summed E-state index contributed by atoms with van der Waals surface area (Å²) < 4.78 is 22.8. The number of likely N-dealkylation sites (tertiary alicyclic amines) is 1. The van der Waals surface area contributed by atoms with Crippen molar-refractivity contribution in [3.05, 3.63) is 58.5 Å². The van der Waals surface area contributed by atoms with Crippen LogP contribution in [0.3, 0.4) is 0 Å². The van der Waals surface area contributed by atoms with Gasteiger partial charge in [-0.05, 0) is 32.1 Å². The number of hydrogen-bond donors (Lipinski definition) is 3. The molecule has 1 aliphatic carbocycles. The smallest absolute Gasteiger partial charge is 0.405 e. The number of aliphatic hydroxyl groups excluding tert-OH is 1. The van der Waals surface area contributed by atoms with Gasteiger partial charge in [0.1, 0.15) is 6.10 Å². The highest BCUT2D eigenvalue weighted by Crippen LogP contribution is 2.35. The monoisotopic (exact) mass is 599 g/mol. The van der Waals surface area contributed by atoms with Crippen molar-refractivity contribution in [2.75, 3.05) is 27.3 Å². The van der Waals surface area contributed by atoms with E-state index in [1.807, 2.05) is 18.7 Å². The van der Waals surface area contributed by atoms with Gasteiger partial charge in [0.15, 0.2) is 12.4 Å². The predicted octanol–water partition coefficient (Wildman–Crippen LogP) is 1.80. The van der Waals surface area contributed by atoms with Crippen LogP contribution in [0, 0.1) is 11.8 Å². The van der Waals surface area contributed by atoms with Crippen LogP contribution >= 0.6 is 0 Å². The molecule has 5 aliphatic rings. The number of ketones is 2. The van der Waals surface area contributed by atoms with Gasteiger partial charge in [0.25, 0.3) is 5.91 Å². The number of hydrogen-bond acceptors (Lipinski definition) is 10. The summed E-state index contributed by atoms with van der Waals surface area (Å²) in [5.74, 6) is -1.70. The molecule has 0 aromatic rings. The number of carbonyl (C=O) groups is 4. The van der Waals surface area contributed by atoms with E-state index in [0.717, 1.165) is 6.42 Å². The maximum atomic E-state index is 13.7. The van der Waals surface area contributed by atoms with Gasteiger partial charge in [-0.1, -0.05) is 38.2 Å². The molecular weight excluding hydrogens is 558 g/mol. The molecule has 4 aliphatic heterocycles. The third kappa shape index (κ3) is 7.15. The third-order valence-electron chi connectivity index (χ3n) is 8.28. The van der Waals surface area contributed by atoms with E-state index >= 15 is 0 Å². The average molecular weight is 600 g/mol. The summed E-state index contributed by atoms with van der Waals surface area (Å²) in [4.78, 5) is 53.8. The zero-order chi connectivity index (χ0) is 31.4. The van der Waals surface area contributed by atoms with Gasteiger partial charge in [-0.2, -0.15) is 0 Å². The summed E-state index contributed by atoms with van der Waals surface area (Å²) in [5.41, 5.74) is 6.53. The second-order valence-electron chi connectivity index (χ2n) is 11.5. The number of primary amides is 1. The van der Waals surface area contributed by atoms with Gasteiger partial charge in [-0.25, -0.2) is 4.79 Å². The molecule has 234 valence electrons. The zero-order valence-electron chi connectivity index (χ0n) is 25.2. The van der Waals surface area contributed by atoms with Gasteiger partial charge < -0.3 is 40.0 Å². The van der Waals surface area contributed by atoms with Crippen LogP contribution in [0.5, 0.6) is 0 Å². The summed E-state index contributed by atoms with van der Waals surface area (Å²) in [7, 11) is 2.94. The van der Waals surface area contributed by atoms with E-state index in [9.17, 15) is 24.3 Å². The molecule has 4 heterocycles. The summed E-state index contributed by atoms with van der Waals surface area (Å²) >= 11 is 0. The molecule has 7 atom stereocenters. The molecule has 1 saturated heterocycles. The van der Waals surface area contributed by atoms with Crippen molar-refractivity contribution in [3.8, 4) is 0 Å². The first-order valence-electron chi connectivity index (χ1n) is 14.5. The first-order chi connectivity index (χ1) is 20.4. The van der Waals surface area contributed by atoms with Crippen LogP contribution in [-0.2, 0) is 33.3 Å². The molecule has 4 bridgehead atoms. The number of nitrogens with two attached hydrogens (primary N) is 1. The summed E-state index contributed by atoms with van der Waals surface area (Å²) in [6.45, 7) is 6.75. The van der Waals surface area contributed by atoms with Crippen molar-refractivity contribution < 1.29 is 43.2 Å². The van der Waals surface area contributed by atoms with Crippen molar-refractivity contribution in [1.82, 2.24) is 10.2 Å². The van der Waals surface area contributed by atoms with Crippen LogP contribution in [0.25, 0.3) is 0 Å². The van der Waals surface area contributed by atoms with Crippen LogP contribution in [-0.4, -0.2) is 91.6 Å². The SMILES string of the molecule is CO[C@H]1/C=C\C=C(/C)C(=O)NC2=CC(=O)C(N3CCC3)=C(C[C@H](C)C[C@@H](OC)C3OC(O)C(=CC3C)[C@@H]1OC(N)=O)C2=O. The molecule has 0 aromatic carbocycles. The lowest BCUT2D eigenvalue weighted by Crippen LogP contribution is -2.47. The van der Waals surface area contributed by atoms with Crippen LogP contribution in [0.15, 0.2) is 58.5 Å². The minimum absolute atomic E-state index is 0.0752. The fraction of sp³-hybridized carbons (Fsp3) is 0.548. The number of nitrogens with zero attached hydrogens (tertiary/aromatic N) is 1. The largest absolute Gasteiger partial charge is 0.439 e. The molecule has 5 rings (SSSR count). The van der Waals surface area contributed by atoms with E-state index in [-0.39, 0.29) is 40.9 Å². The molecule has 12 nitrogen and oxygen atoms in total. The molecule has 1 fully saturated rings. The van der Waals surface area contributed by atoms with E-state index in [4.69, 9.17) is 24.7 Å². The molecule has 0 saturated carbocycles. The highest BCUT2D eigenvalue weighted by molar-refractivity contribution is 6.23. The van der Waals surface area contributed by atoms with E-state index in [2.05, 4.69) is 5.32 Å². The van der Waals surface area contributed by atoms with E-state index in [1.54, 1.807) is 20.1 Å². The fourth-order valence-corrected chi connectivity index (χ4v) is 5.90. The lowest BCUT2D eigenvalue weighted by atomic mass is 9.83. The Morgan fingerprint density at radius 2 is 1.88 bits per heavy atom. The van der Waals surface area contributed by atoms with Gasteiger partial charge in [-0.3, -0.25) is 14.4 Å². The number of nitrogens with one attached hydrogen (secondary N) is 1. The summed E-state index contributed by atoms with van der Waals surface area (Å²) in [6, 6.07) is 0. The topological polar surface area (TPSA) is 167 Å². The molecule has 0 radical (unpaired) electrons. The number of aliphatic hydroxyl groups is 1. The number of fused-ring (bicyclic) bond motifs is 10. The Kier molecular flexibility index (Phi) is 10.4. The minimum Gasteiger partial charge on any atom is -0.439 e. The standard InChI is InChI=1S/C31H41N3O9/c1-16-12-19-25(34-10-7-11-34)22(35)15-21(26(19)36)33-29(37)17(2)8-6-9-23(40-4)28(43-31(32)39)20-14-18(3)27(42-30(20)38)24(13-16)41-5/h6,8-9,14-16,18,23-24,27-28,30,38H,7,10-13H2,1-5H3,(H2,32,39)(H,33,37)/b9-6-,17-8+/t16-,18?,23-,24+,27?,28-,30?/m0/s1. The van der Waals surface area contributed by atoms with E-state index < -0.39 is 48.5 Å². The van der Waals surface area contributed by atoms with Crippen molar-refractivity contribution in [2.24, 2.45) is 17.6 Å². The van der Waals surface area contributed by atoms with Crippen LogP contribution < -0.4 is 11.1 Å². The fourth-order valence-electron chi connectivity index (χ4n) is 5.90. The number of allylic oxidation sites excluding steroid dienone is 4. The van der Waals surface area contributed by atoms with E-state index in [1.165, 1.54) is 31.4 Å². The normalized spacial score (nSPS) is 34.5. The van der Waals surface area contributed by atoms with E-state index in [0.29, 0.717) is 30.8 Å². The maximum absolute atomic E-state index is 13.7. The Morgan fingerprint density at radius 3 is 2.49 bits per heavy atom. The van der Waals surface area contributed by atoms with Crippen molar-refractivity contribution in [3.63, 3.8) is 0 Å². The molecular formula is C31H41N3O9. The predicted molar refractivity (Wildman–Crippen MR) is 155 cm³/mol. The van der Waals surface area contributed by atoms with Gasteiger partial charge in [-0.15, -0.1) is 0 Å². The van der Waals surface area contributed by atoms with Gasteiger partial charge in [0.05, 0.1) is 23.6 Å². The first kappa shape index (κ1) is 32.3. The Bertz CT molecular complexity index is 1290. The van der Waals surface area contributed by atoms with Gasteiger partial charge >= 0.3 is 6.09 Å². The maximum Gasteiger partial charge on any atom is 0.405 e. The second-order valence-corrected chi connectivity index (χ2v) is 11.5. The molecule has 0 aromatic heterocycles. The van der Waals surface area contributed by atoms with Crippen LogP contribution in [0.2, 0.25) is 0 Å². The van der Waals surface area contributed by atoms with Crippen molar-refractivity contribution >= 4 is 23.6 Å². The lowest BCUT2D eigenvalue weighted by Gasteiger charge is -2.40. The Labute approximate surface area is 251 Å². The lowest BCUT2D eigenvalue weighted by molar-refractivity contribution is -0.182. The Morgan fingerprint density at radius 1 is 1.16 bits per heavy atom. The summed E-state index contributed by atoms with van der Waals surface area (Å²) in [6.07, 6.45) is 3.53. The summed E-state index contributed by atoms with van der Waals surface area (Å²) in [5, 5.41) is 13.7. The number of amides is 2. The molecule has 43 heavy (non-hydrogen) atoms. The average Bonchev–Trinajstić information content (AvgIpc) is 2.92. The number of ether oxygens (including phenoxy) is 4. The minimum atomic E-state index is -1.46. The second kappa shape index (κ2) is 13.8.